The fraction of sp³-hybridized carbons (Fsp3) is 0.600. The molecule has 1 heterocycles. The molecule has 12 heavy (non-hydrogen) atoms. The fourth-order valence-electron chi connectivity index (χ4n) is 1.03. The molecule has 1 atom stereocenters. The highest BCUT2D eigenvalue weighted by molar-refractivity contribution is 5.09. The van der Waals surface area contributed by atoms with Crippen LogP contribution in [0.1, 0.15) is 38.4 Å². The van der Waals surface area contributed by atoms with Crippen LogP contribution in [0.4, 0.5) is 0 Å². The van der Waals surface area contributed by atoms with Crippen LogP contribution in [0.15, 0.2) is 16.5 Å². The Labute approximate surface area is 73.2 Å². The Morgan fingerprint density at radius 3 is 2.25 bits per heavy atom. The van der Waals surface area contributed by atoms with Crippen LogP contribution in [-0.4, -0.2) is 5.11 Å². The van der Waals surface area contributed by atoms with Crippen LogP contribution < -0.4 is 0 Å². The van der Waals surface area contributed by atoms with E-state index in [1.165, 1.54) is 0 Å². The van der Waals surface area contributed by atoms with Crippen molar-refractivity contribution in [3.05, 3.63) is 23.7 Å². The average Bonchev–Trinajstić information content (AvgIpc) is 2.32. The van der Waals surface area contributed by atoms with Crippen molar-refractivity contribution in [3.8, 4) is 0 Å². The number of furan rings is 1. The molecule has 0 saturated carbocycles. The summed E-state index contributed by atoms with van der Waals surface area (Å²) in [6, 6.07) is 3.69. The lowest BCUT2D eigenvalue weighted by atomic mass is 9.88. The normalized spacial score (nSPS) is 14.8. The molecule has 0 amide bonds. The van der Waals surface area contributed by atoms with Crippen LogP contribution in [-0.2, 0) is 0 Å². The summed E-state index contributed by atoms with van der Waals surface area (Å²) < 4.78 is 5.32. The van der Waals surface area contributed by atoms with Gasteiger partial charge in [0.15, 0.2) is 0 Å². The molecule has 1 rings (SSSR count). The van der Waals surface area contributed by atoms with Gasteiger partial charge in [-0.2, -0.15) is 0 Å². The summed E-state index contributed by atoms with van der Waals surface area (Å²) in [6.45, 7) is 7.82. The minimum Gasteiger partial charge on any atom is -0.464 e. The molecule has 0 saturated heterocycles. The summed E-state index contributed by atoms with van der Waals surface area (Å²) in [5.41, 5.74) is -0.162. The lowest BCUT2D eigenvalue weighted by Crippen LogP contribution is -2.17. The van der Waals surface area contributed by atoms with Gasteiger partial charge in [-0.1, -0.05) is 20.8 Å². The van der Waals surface area contributed by atoms with E-state index in [-0.39, 0.29) is 5.41 Å². The molecule has 0 aliphatic rings. The maximum absolute atomic E-state index is 9.78. The topological polar surface area (TPSA) is 33.4 Å². The van der Waals surface area contributed by atoms with E-state index in [0.717, 1.165) is 5.76 Å². The van der Waals surface area contributed by atoms with E-state index < -0.39 is 6.10 Å². The number of aliphatic hydroxyl groups excluding tert-OH is 1. The van der Waals surface area contributed by atoms with Crippen molar-refractivity contribution in [3.63, 3.8) is 0 Å². The lowest BCUT2D eigenvalue weighted by Gasteiger charge is -2.23. The third-order valence-electron chi connectivity index (χ3n) is 1.85. The molecule has 2 heteroatoms. The van der Waals surface area contributed by atoms with E-state index in [2.05, 4.69) is 0 Å². The Balaban J connectivity index is 2.85. The minimum atomic E-state index is -0.522. The summed E-state index contributed by atoms with van der Waals surface area (Å²) in [5, 5.41) is 9.78. The van der Waals surface area contributed by atoms with E-state index in [4.69, 9.17) is 4.42 Å². The first-order valence-corrected chi connectivity index (χ1v) is 4.15. The largest absolute Gasteiger partial charge is 0.464 e. The van der Waals surface area contributed by atoms with Crippen molar-refractivity contribution >= 4 is 0 Å². The second kappa shape index (κ2) is 2.94. The molecule has 0 aromatic carbocycles. The van der Waals surface area contributed by atoms with Crippen molar-refractivity contribution in [1.82, 2.24) is 0 Å². The zero-order valence-corrected chi connectivity index (χ0v) is 8.09. The molecule has 0 spiro atoms. The highest BCUT2D eigenvalue weighted by Crippen LogP contribution is 2.33. The van der Waals surface area contributed by atoms with Gasteiger partial charge in [0, 0.05) is 0 Å². The third kappa shape index (κ3) is 1.89. The first kappa shape index (κ1) is 9.33. The number of aliphatic hydroxyl groups is 1. The molecular weight excluding hydrogens is 152 g/mol. The van der Waals surface area contributed by atoms with Crippen LogP contribution in [0.3, 0.4) is 0 Å². The molecule has 0 aliphatic heterocycles. The molecule has 68 valence electrons. The minimum absolute atomic E-state index is 0.162. The first-order chi connectivity index (χ1) is 5.41. The van der Waals surface area contributed by atoms with Gasteiger partial charge in [-0.25, -0.2) is 0 Å². The summed E-state index contributed by atoms with van der Waals surface area (Å²) in [4.78, 5) is 0. The zero-order chi connectivity index (χ0) is 9.35. The van der Waals surface area contributed by atoms with Gasteiger partial charge in [0.2, 0.25) is 0 Å². The molecule has 0 unspecified atom stereocenters. The van der Waals surface area contributed by atoms with E-state index in [9.17, 15) is 5.11 Å². The van der Waals surface area contributed by atoms with E-state index >= 15 is 0 Å². The predicted molar refractivity (Wildman–Crippen MR) is 47.9 cm³/mol. The lowest BCUT2D eigenvalue weighted by molar-refractivity contribution is 0.0428. The Morgan fingerprint density at radius 1 is 1.33 bits per heavy atom. The summed E-state index contributed by atoms with van der Waals surface area (Å²) in [6.07, 6.45) is -0.522. The SMILES string of the molecule is Cc1ccc([C@H](O)C(C)(C)C)o1. The standard InChI is InChI=1S/C10H16O2/c1-7-5-6-8(12-7)9(11)10(2,3)4/h5-6,9,11H,1-4H3/t9-/m0/s1. The Bertz CT molecular complexity index is 255. The van der Waals surface area contributed by atoms with Crippen LogP contribution in [0.5, 0.6) is 0 Å². The maximum atomic E-state index is 9.78. The highest BCUT2D eigenvalue weighted by Gasteiger charge is 2.26. The number of aryl methyl sites for hydroxylation is 1. The van der Waals surface area contributed by atoms with Crippen molar-refractivity contribution in [2.24, 2.45) is 5.41 Å². The van der Waals surface area contributed by atoms with Crippen molar-refractivity contribution in [2.45, 2.75) is 33.8 Å². The predicted octanol–water partition coefficient (Wildman–Crippen LogP) is 2.67. The Kier molecular flexibility index (Phi) is 2.29. The molecule has 0 fully saturated rings. The Hall–Kier alpha value is -0.760. The van der Waals surface area contributed by atoms with Gasteiger partial charge in [0.1, 0.15) is 17.6 Å². The molecule has 1 N–H and O–H groups in total. The van der Waals surface area contributed by atoms with E-state index in [1.807, 2.05) is 39.8 Å². The number of hydrogen-bond acceptors (Lipinski definition) is 2. The second-order valence-corrected chi connectivity index (χ2v) is 4.22. The zero-order valence-electron chi connectivity index (χ0n) is 8.09. The average molecular weight is 168 g/mol. The van der Waals surface area contributed by atoms with Crippen LogP contribution in [0, 0.1) is 12.3 Å². The van der Waals surface area contributed by atoms with Gasteiger partial charge in [0.05, 0.1) is 0 Å². The van der Waals surface area contributed by atoms with Gasteiger partial charge in [-0.3, -0.25) is 0 Å². The molecule has 1 aromatic heterocycles. The third-order valence-corrected chi connectivity index (χ3v) is 1.85. The summed E-state index contributed by atoms with van der Waals surface area (Å²) in [7, 11) is 0. The molecular formula is C10H16O2. The molecule has 0 radical (unpaired) electrons. The number of rotatable bonds is 1. The smallest absolute Gasteiger partial charge is 0.133 e. The quantitative estimate of drug-likeness (QED) is 0.699. The summed E-state index contributed by atoms with van der Waals surface area (Å²) in [5.74, 6) is 1.49. The molecule has 2 nitrogen and oxygen atoms in total. The monoisotopic (exact) mass is 168 g/mol. The van der Waals surface area contributed by atoms with Gasteiger partial charge >= 0.3 is 0 Å². The van der Waals surface area contributed by atoms with Crippen molar-refractivity contribution in [2.75, 3.05) is 0 Å². The molecule has 0 aliphatic carbocycles. The second-order valence-electron chi connectivity index (χ2n) is 4.22. The van der Waals surface area contributed by atoms with Crippen LogP contribution >= 0.6 is 0 Å². The van der Waals surface area contributed by atoms with E-state index in [0.29, 0.717) is 5.76 Å². The van der Waals surface area contributed by atoms with Gasteiger partial charge in [-0.05, 0) is 24.5 Å². The van der Waals surface area contributed by atoms with Crippen LogP contribution in [0.25, 0.3) is 0 Å². The maximum Gasteiger partial charge on any atom is 0.133 e. The fourth-order valence-corrected chi connectivity index (χ4v) is 1.03. The number of hydrogen-bond donors (Lipinski definition) is 1. The molecule has 1 aromatic rings. The van der Waals surface area contributed by atoms with Crippen molar-refractivity contribution in [1.29, 1.82) is 0 Å². The summed E-state index contributed by atoms with van der Waals surface area (Å²) >= 11 is 0. The molecule has 0 bridgehead atoms. The van der Waals surface area contributed by atoms with Gasteiger partial charge in [0.25, 0.3) is 0 Å². The first-order valence-electron chi connectivity index (χ1n) is 4.15. The van der Waals surface area contributed by atoms with E-state index in [1.54, 1.807) is 0 Å². The highest BCUT2D eigenvalue weighted by atomic mass is 16.4. The van der Waals surface area contributed by atoms with Crippen LogP contribution in [0.2, 0.25) is 0 Å². The van der Waals surface area contributed by atoms with Gasteiger partial charge < -0.3 is 9.52 Å². The van der Waals surface area contributed by atoms with Gasteiger partial charge in [-0.15, -0.1) is 0 Å². The Morgan fingerprint density at radius 2 is 1.92 bits per heavy atom. The van der Waals surface area contributed by atoms with Crippen molar-refractivity contribution < 1.29 is 9.52 Å².